The molecule has 1 amide bonds. The number of amides is 1. The molecule has 0 saturated heterocycles. The minimum absolute atomic E-state index is 0.364. The molecule has 3 heteroatoms. The van der Waals surface area contributed by atoms with Crippen LogP contribution in [-0.4, -0.2) is 11.7 Å². The second kappa shape index (κ2) is 3.67. The lowest BCUT2D eigenvalue weighted by Crippen LogP contribution is -2.13. The van der Waals surface area contributed by atoms with Crippen LogP contribution in [0.4, 0.5) is 5.69 Å². The molecule has 3 nitrogen and oxygen atoms in total. The van der Waals surface area contributed by atoms with Crippen molar-refractivity contribution in [3.8, 4) is 0 Å². The van der Waals surface area contributed by atoms with Crippen molar-refractivity contribution in [3.63, 3.8) is 0 Å². The number of anilines is 1. The van der Waals surface area contributed by atoms with Crippen molar-refractivity contribution in [2.75, 3.05) is 5.32 Å². The fraction of sp³-hybridized carbons (Fsp3) is 0.467. The molecule has 0 unspecified atom stereocenters. The monoisotopic (exact) mass is 243 g/mol. The molecule has 0 bridgehead atoms. The van der Waals surface area contributed by atoms with Gasteiger partial charge in [-0.25, -0.2) is 0 Å². The van der Waals surface area contributed by atoms with E-state index >= 15 is 0 Å². The predicted octanol–water partition coefficient (Wildman–Crippen LogP) is 2.99. The van der Waals surface area contributed by atoms with Crippen LogP contribution in [0.3, 0.4) is 0 Å². The van der Waals surface area contributed by atoms with Crippen molar-refractivity contribution in [2.24, 2.45) is 0 Å². The van der Waals surface area contributed by atoms with Gasteiger partial charge in [0, 0.05) is 0 Å². The Bertz CT molecular complexity index is 574. The van der Waals surface area contributed by atoms with E-state index in [1.54, 1.807) is 0 Å². The molecule has 0 radical (unpaired) electrons. The van der Waals surface area contributed by atoms with Crippen LogP contribution in [0.15, 0.2) is 6.07 Å². The second-order valence-corrected chi connectivity index (χ2v) is 5.46. The Labute approximate surface area is 107 Å². The number of aryl methyl sites for hydroxylation is 1. The normalized spacial score (nSPS) is 25.1. The van der Waals surface area contributed by atoms with E-state index < -0.39 is 5.91 Å². The number of rotatable bonds is 1. The van der Waals surface area contributed by atoms with E-state index in [0.29, 0.717) is 17.4 Å². The third-order valence-electron chi connectivity index (χ3n) is 4.26. The predicted molar refractivity (Wildman–Crippen MR) is 70.2 cm³/mol. The zero-order valence-corrected chi connectivity index (χ0v) is 11.0. The summed E-state index contributed by atoms with van der Waals surface area (Å²) in [6.07, 6.45) is 1.89. The first-order valence-corrected chi connectivity index (χ1v) is 6.59. The molecule has 0 saturated carbocycles. The quantitative estimate of drug-likeness (QED) is 0.771. The van der Waals surface area contributed by atoms with Crippen LogP contribution in [-0.2, 0) is 11.2 Å². The van der Waals surface area contributed by atoms with E-state index in [1.165, 1.54) is 11.1 Å². The lowest BCUT2D eigenvalue weighted by atomic mass is 9.91. The Morgan fingerprint density at radius 2 is 2.00 bits per heavy atom. The molecule has 1 N–H and O–H groups in total. The van der Waals surface area contributed by atoms with Crippen molar-refractivity contribution in [1.29, 1.82) is 0 Å². The van der Waals surface area contributed by atoms with E-state index in [0.717, 1.165) is 24.1 Å². The molecule has 1 heterocycles. The lowest BCUT2D eigenvalue weighted by Gasteiger charge is -2.14. The third kappa shape index (κ3) is 1.30. The number of Topliss-reactive ketones (excluding diaryl/α,β-unsaturated/α-hetero) is 1. The van der Waals surface area contributed by atoms with Crippen LogP contribution in [0.25, 0.3) is 0 Å². The zero-order valence-electron chi connectivity index (χ0n) is 11.0. The standard InChI is InChI=1S/C15H17NO2/c1-4-9-6-10-7(2)5-8(3)11(10)13-12(9)14(17)15(18)16-13/h6-8H,4-5H2,1-3H3,(H,16,17,18)/t7-,8-/m0/s1. The van der Waals surface area contributed by atoms with Gasteiger partial charge in [0.2, 0.25) is 0 Å². The van der Waals surface area contributed by atoms with Gasteiger partial charge >= 0.3 is 0 Å². The van der Waals surface area contributed by atoms with E-state index in [4.69, 9.17) is 0 Å². The topological polar surface area (TPSA) is 46.2 Å². The average Bonchev–Trinajstić information content (AvgIpc) is 2.78. The fourth-order valence-corrected chi connectivity index (χ4v) is 3.44. The summed E-state index contributed by atoms with van der Waals surface area (Å²) < 4.78 is 0. The van der Waals surface area contributed by atoms with E-state index in [9.17, 15) is 9.59 Å². The summed E-state index contributed by atoms with van der Waals surface area (Å²) in [4.78, 5) is 23.6. The van der Waals surface area contributed by atoms with Crippen LogP contribution < -0.4 is 5.32 Å². The maximum absolute atomic E-state index is 12.0. The molecule has 1 aromatic carbocycles. The maximum atomic E-state index is 12.0. The summed E-state index contributed by atoms with van der Waals surface area (Å²) >= 11 is 0. The summed E-state index contributed by atoms with van der Waals surface area (Å²) in [5.74, 6) is 0.0929. The first-order valence-electron chi connectivity index (χ1n) is 6.59. The minimum Gasteiger partial charge on any atom is -0.318 e. The van der Waals surface area contributed by atoms with Crippen molar-refractivity contribution in [1.82, 2.24) is 0 Å². The van der Waals surface area contributed by atoms with Gasteiger partial charge in [-0.3, -0.25) is 9.59 Å². The number of nitrogens with one attached hydrogen (secondary N) is 1. The number of ketones is 1. The van der Waals surface area contributed by atoms with Gasteiger partial charge in [-0.2, -0.15) is 0 Å². The van der Waals surface area contributed by atoms with Crippen LogP contribution in [0, 0.1) is 0 Å². The first-order chi connectivity index (χ1) is 8.54. The molecule has 18 heavy (non-hydrogen) atoms. The molecular weight excluding hydrogens is 226 g/mol. The molecule has 0 fully saturated rings. The molecule has 0 aromatic heterocycles. The van der Waals surface area contributed by atoms with Gasteiger partial charge in [-0.15, -0.1) is 0 Å². The summed E-state index contributed by atoms with van der Waals surface area (Å²) in [6, 6.07) is 2.14. The highest BCUT2D eigenvalue weighted by Crippen LogP contribution is 2.48. The van der Waals surface area contributed by atoms with Gasteiger partial charge in [0.25, 0.3) is 11.7 Å². The number of hydrogen-bond acceptors (Lipinski definition) is 2. The van der Waals surface area contributed by atoms with Crippen LogP contribution in [0.1, 0.15) is 66.1 Å². The molecule has 1 aliphatic heterocycles. The third-order valence-corrected chi connectivity index (χ3v) is 4.26. The number of benzene rings is 1. The van der Waals surface area contributed by atoms with Crippen molar-refractivity contribution in [3.05, 3.63) is 28.3 Å². The number of fused-ring (bicyclic) bond motifs is 3. The fourth-order valence-electron chi connectivity index (χ4n) is 3.44. The molecule has 0 spiro atoms. The summed E-state index contributed by atoms with van der Waals surface area (Å²) in [6.45, 7) is 6.41. The summed E-state index contributed by atoms with van der Waals surface area (Å²) in [7, 11) is 0. The Morgan fingerprint density at radius 1 is 1.28 bits per heavy atom. The molecule has 94 valence electrons. The molecule has 3 rings (SSSR count). The number of carbonyl (C=O) groups excluding carboxylic acids is 2. The smallest absolute Gasteiger partial charge is 0.296 e. The molecular formula is C15H17NO2. The van der Waals surface area contributed by atoms with E-state index in [2.05, 4.69) is 25.2 Å². The number of carbonyl (C=O) groups is 2. The van der Waals surface area contributed by atoms with Crippen LogP contribution in [0.2, 0.25) is 0 Å². The van der Waals surface area contributed by atoms with Gasteiger partial charge in [-0.05, 0) is 41.4 Å². The second-order valence-electron chi connectivity index (χ2n) is 5.46. The van der Waals surface area contributed by atoms with Crippen LogP contribution >= 0.6 is 0 Å². The molecule has 2 atom stereocenters. The molecule has 1 aliphatic carbocycles. The Morgan fingerprint density at radius 3 is 2.67 bits per heavy atom. The van der Waals surface area contributed by atoms with Gasteiger partial charge in [0.05, 0.1) is 11.3 Å². The van der Waals surface area contributed by atoms with Gasteiger partial charge in [0.15, 0.2) is 0 Å². The molecule has 1 aromatic rings. The van der Waals surface area contributed by atoms with Gasteiger partial charge < -0.3 is 5.32 Å². The highest BCUT2D eigenvalue weighted by Gasteiger charge is 2.38. The van der Waals surface area contributed by atoms with Crippen molar-refractivity contribution in [2.45, 2.75) is 45.4 Å². The lowest BCUT2D eigenvalue weighted by molar-refractivity contribution is -0.112. The summed E-state index contributed by atoms with van der Waals surface area (Å²) in [5, 5.41) is 2.78. The highest BCUT2D eigenvalue weighted by molar-refractivity contribution is 6.52. The average molecular weight is 243 g/mol. The Hall–Kier alpha value is -1.64. The van der Waals surface area contributed by atoms with E-state index in [-0.39, 0.29) is 5.78 Å². The maximum Gasteiger partial charge on any atom is 0.296 e. The van der Waals surface area contributed by atoms with Crippen LogP contribution in [0.5, 0.6) is 0 Å². The van der Waals surface area contributed by atoms with E-state index in [1.807, 2.05) is 6.92 Å². The zero-order chi connectivity index (χ0) is 13.0. The number of hydrogen-bond donors (Lipinski definition) is 1. The minimum atomic E-state index is -0.472. The van der Waals surface area contributed by atoms with Gasteiger partial charge in [0.1, 0.15) is 0 Å². The summed E-state index contributed by atoms with van der Waals surface area (Å²) in [5.41, 5.74) is 4.94. The first kappa shape index (κ1) is 11.5. The molecule has 2 aliphatic rings. The van der Waals surface area contributed by atoms with Crippen molar-refractivity contribution >= 4 is 17.4 Å². The van der Waals surface area contributed by atoms with Crippen molar-refractivity contribution < 1.29 is 9.59 Å². The Balaban J connectivity index is 2.32. The Kier molecular flexibility index (Phi) is 2.34. The van der Waals surface area contributed by atoms with Gasteiger partial charge in [-0.1, -0.05) is 26.8 Å². The SMILES string of the molecule is CCc1cc2c(c3c1C(=O)C(=O)N3)[C@@H](C)C[C@@H]2C. The highest BCUT2D eigenvalue weighted by atomic mass is 16.2. The largest absolute Gasteiger partial charge is 0.318 e.